The van der Waals surface area contributed by atoms with E-state index < -0.39 is 41.8 Å². The Labute approximate surface area is 199 Å². The molecule has 2 heterocycles. The van der Waals surface area contributed by atoms with Crippen molar-refractivity contribution in [3.63, 3.8) is 0 Å². The van der Waals surface area contributed by atoms with Gasteiger partial charge in [0.2, 0.25) is 5.91 Å². The normalized spacial score (nSPS) is 23.2. The molecule has 0 saturated carbocycles. The topological polar surface area (TPSA) is 76.2 Å². The fraction of sp³-hybridized carbons (Fsp3) is 0.370. The van der Waals surface area contributed by atoms with Gasteiger partial charge in [-0.25, -0.2) is 9.59 Å². The standard InChI is InChI=1S/C27H30N2O5/c1-5-12-20(25(31)34-27(2,3)4)28-22(19-15-10-7-11-16-19)23(24(28)30)29-21(17-33-26(29)32)18-13-8-6-9-14-18/h5-11,13-16,20-23H,1,12,17H2,2-4H3/t20-,21+,22+,23-/m0/s1. The summed E-state index contributed by atoms with van der Waals surface area (Å²) in [4.78, 5) is 42.7. The molecular formula is C27H30N2O5. The third-order valence-electron chi connectivity index (χ3n) is 6.05. The Bertz CT molecular complexity index is 1060. The molecule has 0 N–H and O–H groups in total. The number of hydrogen-bond acceptors (Lipinski definition) is 5. The minimum atomic E-state index is -0.848. The van der Waals surface area contributed by atoms with Gasteiger partial charge in [0.25, 0.3) is 0 Å². The van der Waals surface area contributed by atoms with Crippen LogP contribution in [0.2, 0.25) is 0 Å². The minimum absolute atomic E-state index is 0.163. The zero-order valence-corrected chi connectivity index (χ0v) is 19.7. The number of β-lactam (4-membered cyclic amide) rings is 1. The molecule has 0 aromatic heterocycles. The van der Waals surface area contributed by atoms with Gasteiger partial charge in [-0.3, -0.25) is 9.69 Å². The minimum Gasteiger partial charge on any atom is -0.458 e. The smallest absolute Gasteiger partial charge is 0.411 e. The van der Waals surface area contributed by atoms with Gasteiger partial charge >= 0.3 is 12.1 Å². The maximum absolute atomic E-state index is 13.7. The molecule has 0 aliphatic carbocycles. The second-order valence-corrected chi connectivity index (χ2v) is 9.53. The molecule has 7 nitrogen and oxygen atoms in total. The first kappa shape index (κ1) is 23.5. The van der Waals surface area contributed by atoms with E-state index in [0.29, 0.717) is 0 Å². The van der Waals surface area contributed by atoms with Gasteiger partial charge in [-0.15, -0.1) is 6.58 Å². The molecule has 0 radical (unpaired) electrons. The number of esters is 1. The third-order valence-corrected chi connectivity index (χ3v) is 6.05. The second kappa shape index (κ2) is 9.33. The van der Waals surface area contributed by atoms with Crippen LogP contribution in [0.1, 0.15) is 50.4 Å². The molecule has 4 atom stereocenters. The summed E-state index contributed by atoms with van der Waals surface area (Å²) in [6, 6.07) is 16.4. The molecule has 2 amide bonds. The van der Waals surface area contributed by atoms with E-state index in [1.807, 2.05) is 60.7 Å². The number of likely N-dealkylation sites (tertiary alicyclic amines) is 1. The number of hydrogen-bond donors (Lipinski definition) is 0. The van der Waals surface area contributed by atoms with Gasteiger partial charge in [0.05, 0.1) is 12.1 Å². The summed E-state index contributed by atoms with van der Waals surface area (Å²) in [6.07, 6.45) is 1.31. The lowest BCUT2D eigenvalue weighted by Crippen LogP contribution is -2.69. The van der Waals surface area contributed by atoms with Gasteiger partial charge in [0.1, 0.15) is 24.3 Å². The summed E-state index contributed by atoms with van der Waals surface area (Å²) in [7, 11) is 0. The molecule has 34 heavy (non-hydrogen) atoms. The zero-order chi connectivity index (χ0) is 24.5. The highest BCUT2D eigenvalue weighted by Gasteiger charge is 2.59. The van der Waals surface area contributed by atoms with E-state index in [-0.39, 0.29) is 18.9 Å². The Morgan fingerprint density at radius 2 is 1.65 bits per heavy atom. The van der Waals surface area contributed by atoms with Crippen LogP contribution in [0.25, 0.3) is 0 Å². The quantitative estimate of drug-likeness (QED) is 0.346. The van der Waals surface area contributed by atoms with Crippen molar-refractivity contribution in [1.82, 2.24) is 9.80 Å². The number of carbonyl (C=O) groups is 3. The first-order valence-corrected chi connectivity index (χ1v) is 11.4. The first-order valence-electron chi connectivity index (χ1n) is 11.4. The monoisotopic (exact) mass is 462 g/mol. The van der Waals surface area contributed by atoms with E-state index in [4.69, 9.17) is 9.47 Å². The predicted molar refractivity (Wildman–Crippen MR) is 127 cm³/mol. The molecule has 0 bridgehead atoms. The van der Waals surface area contributed by atoms with Crippen molar-refractivity contribution >= 4 is 18.0 Å². The number of ether oxygens (including phenoxy) is 2. The van der Waals surface area contributed by atoms with Gasteiger partial charge in [0, 0.05) is 0 Å². The molecule has 2 aromatic carbocycles. The van der Waals surface area contributed by atoms with Crippen LogP contribution < -0.4 is 0 Å². The second-order valence-electron chi connectivity index (χ2n) is 9.53. The average Bonchev–Trinajstić information content (AvgIpc) is 3.17. The summed E-state index contributed by atoms with van der Waals surface area (Å²) >= 11 is 0. The van der Waals surface area contributed by atoms with Crippen molar-refractivity contribution in [2.75, 3.05) is 6.61 Å². The van der Waals surface area contributed by atoms with E-state index in [2.05, 4.69) is 6.58 Å². The van der Waals surface area contributed by atoms with Crippen LogP contribution >= 0.6 is 0 Å². The molecule has 2 saturated heterocycles. The molecule has 4 rings (SSSR count). The van der Waals surface area contributed by atoms with Crippen LogP contribution in [0.5, 0.6) is 0 Å². The summed E-state index contributed by atoms with van der Waals surface area (Å²) in [5.74, 6) is -0.810. The molecule has 2 aliphatic heterocycles. The lowest BCUT2D eigenvalue weighted by atomic mass is 9.84. The van der Waals surface area contributed by atoms with Crippen molar-refractivity contribution in [2.24, 2.45) is 0 Å². The molecule has 2 aromatic rings. The van der Waals surface area contributed by atoms with E-state index >= 15 is 0 Å². The van der Waals surface area contributed by atoms with Gasteiger partial charge in [0.15, 0.2) is 0 Å². The van der Waals surface area contributed by atoms with Crippen molar-refractivity contribution < 1.29 is 23.9 Å². The average molecular weight is 463 g/mol. The molecular weight excluding hydrogens is 432 g/mol. The van der Waals surface area contributed by atoms with Crippen molar-refractivity contribution in [1.29, 1.82) is 0 Å². The van der Waals surface area contributed by atoms with Crippen LogP contribution in [0, 0.1) is 0 Å². The van der Waals surface area contributed by atoms with Crippen LogP contribution in [0.4, 0.5) is 4.79 Å². The van der Waals surface area contributed by atoms with Crippen LogP contribution in [-0.4, -0.2) is 52.1 Å². The number of carbonyl (C=O) groups excluding carboxylic acids is 3. The van der Waals surface area contributed by atoms with Crippen molar-refractivity contribution in [2.45, 2.75) is 57.0 Å². The Balaban J connectivity index is 1.72. The van der Waals surface area contributed by atoms with Gasteiger partial charge in [-0.1, -0.05) is 66.7 Å². The third kappa shape index (κ3) is 4.42. The highest BCUT2D eigenvalue weighted by atomic mass is 16.6. The maximum Gasteiger partial charge on any atom is 0.411 e. The lowest BCUT2D eigenvalue weighted by molar-refractivity contribution is -0.179. The van der Waals surface area contributed by atoms with E-state index in [1.54, 1.807) is 26.8 Å². The Hall–Kier alpha value is -3.61. The Kier molecular flexibility index (Phi) is 6.46. The summed E-state index contributed by atoms with van der Waals surface area (Å²) in [5, 5.41) is 0. The SMILES string of the molecule is C=CC[C@@H](C(=O)OC(C)(C)C)N1C(=O)[C@@H](N2C(=O)OC[C@@H]2c2ccccc2)[C@H]1c1ccccc1. The fourth-order valence-corrected chi connectivity index (χ4v) is 4.63. The zero-order valence-electron chi connectivity index (χ0n) is 19.7. The summed E-state index contributed by atoms with van der Waals surface area (Å²) < 4.78 is 11.0. The van der Waals surface area contributed by atoms with Crippen LogP contribution in [0.3, 0.4) is 0 Å². The summed E-state index contributed by atoms with van der Waals surface area (Å²) in [5.41, 5.74) is 1.01. The van der Waals surface area contributed by atoms with Crippen LogP contribution in [0.15, 0.2) is 73.3 Å². The molecule has 0 spiro atoms. The molecule has 0 unspecified atom stereocenters. The maximum atomic E-state index is 13.7. The fourth-order valence-electron chi connectivity index (χ4n) is 4.63. The Morgan fingerprint density at radius 3 is 2.21 bits per heavy atom. The molecule has 7 heteroatoms. The molecule has 2 aliphatic rings. The van der Waals surface area contributed by atoms with Gasteiger partial charge in [-0.05, 0) is 38.3 Å². The van der Waals surface area contributed by atoms with E-state index in [0.717, 1.165) is 11.1 Å². The number of cyclic esters (lactones) is 1. The van der Waals surface area contributed by atoms with Gasteiger partial charge < -0.3 is 14.4 Å². The lowest BCUT2D eigenvalue weighted by Gasteiger charge is -2.53. The van der Waals surface area contributed by atoms with Gasteiger partial charge in [-0.2, -0.15) is 0 Å². The number of nitrogens with zero attached hydrogens (tertiary/aromatic N) is 2. The number of rotatable bonds is 7. The highest BCUT2D eigenvalue weighted by Crippen LogP contribution is 2.45. The predicted octanol–water partition coefficient (Wildman–Crippen LogP) is 4.42. The molecule has 178 valence electrons. The van der Waals surface area contributed by atoms with Crippen molar-refractivity contribution in [3.05, 3.63) is 84.4 Å². The van der Waals surface area contributed by atoms with Crippen molar-refractivity contribution in [3.8, 4) is 0 Å². The number of amides is 2. The summed E-state index contributed by atoms with van der Waals surface area (Å²) in [6.45, 7) is 9.30. The van der Waals surface area contributed by atoms with E-state index in [9.17, 15) is 14.4 Å². The first-order chi connectivity index (χ1) is 16.2. The van der Waals surface area contributed by atoms with Crippen LogP contribution in [-0.2, 0) is 19.1 Å². The van der Waals surface area contributed by atoms with E-state index in [1.165, 1.54) is 9.80 Å². The number of benzene rings is 2. The molecule has 2 fully saturated rings. The Morgan fingerprint density at radius 1 is 1.06 bits per heavy atom. The largest absolute Gasteiger partial charge is 0.458 e. The highest BCUT2D eigenvalue weighted by molar-refractivity contribution is 5.96.